The molecule has 0 heterocycles. The average Bonchev–Trinajstić information content (AvgIpc) is 2.81. The lowest BCUT2D eigenvalue weighted by atomic mass is 10.0. The number of phosphoric acid groups is 1. The third-order valence-electron chi connectivity index (χ3n) is 6.20. The van der Waals surface area contributed by atoms with Crippen LogP contribution in [0.3, 0.4) is 0 Å². The van der Waals surface area contributed by atoms with Gasteiger partial charge in [0.05, 0.1) is 27.7 Å². The zero-order valence-corrected chi connectivity index (χ0v) is 25.2. The van der Waals surface area contributed by atoms with E-state index in [-0.39, 0.29) is 13.2 Å². The number of aliphatic hydroxyl groups is 1. The van der Waals surface area contributed by atoms with Gasteiger partial charge in [0, 0.05) is 6.61 Å². The summed E-state index contributed by atoms with van der Waals surface area (Å²) in [5, 5.41) is 9.76. The van der Waals surface area contributed by atoms with Crippen molar-refractivity contribution in [3.8, 4) is 0 Å². The molecule has 220 valence electrons. The highest BCUT2D eigenvalue weighted by Gasteiger charge is 2.31. The summed E-state index contributed by atoms with van der Waals surface area (Å²) in [4.78, 5) is 24.8. The Morgan fingerprint density at radius 3 is 1.81 bits per heavy atom. The van der Waals surface area contributed by atoms with Gasteiger partial charge in [0.25, 0.3) is 7.82 Å². The molecule has 0 aromatic rings. The van der Waals surface area contributed by atoms with Crippen molar-refractivity contribution in [3.05, 3.63) is 12.2 Å². The van der Waals surface area contributed by atoms with Gasteiger partial charge in [-0.25, -0.2) is 0 Å². The maximum atomic E-state index is 12.5. The monoisotopic (exact) mass is 549 g/mol. The number of hydrogen-bond donors (Lipinski definition) is 1. The summed E-state index contributed by atoms with van der Waals surface area (Å²) in [7, 11) is 1.02. The Morgan fingerprint density at radius 2 is 1.38 bits per heavy atom. The molecule has 0 saturated heterocycles. The molecule has 1 N–H and O–H groups in total. The van der Waals surface area contributed by atoms with Crippen LogP contribution < -0.4 is 4.89 Å². The first-order valence-electron chi connectivity index (χ1n) is 14.4. The van der Waals surface area contributed by atoms with Crippen LogP contribution in [0.25, 0.3) is 0 Å². The molecule has 0 radical (unpaired) electrons. The number of ether oxygens (including phenoxy) is 1. The molecule has 0 saturated carbocycles. The molecule has 0 bridgehead atoms. The molecule has 0 spiro atoms. The van der Waals surface area contributed by atoms with Crippen molar-refractivity contribution < 1.29 is 37.6 Å². The van der Waals surface area contributed by atoms with E-state index in [2.05, 4.69) is 6.92 Å². The summed E-state index contributed by atoms with van der Waals surface area (Å²) >= 11 is 0. The van der Waals surface area contributed by atoms with Crippen molar-refractivity contribution >= 4 is 13.6 Å². The first-order chi connectivity index (χ1) is 17.6. The lowest BCUT2D eigenvalue weighted by molar-refractivity contribution is -0.870. The number of carbonyl (C=O) groups is 1. The summed E-state index contributed by atoms with van der Waals surface area (Å²) in [5.41, 5.74) is 0. The highest BCUT2D eigenvalue weighted by atomic mass is 31.2. The molecular weight excluding hydrogens is 493 g/mol. The molecule has 2 unspecified atom stereocenters. The SMILES string of the molecule is CC=CC(=O)C(OCCCCCCCCCCCCCCCC)[C@H](CO)OP(=O)([O-])OCC[N+](C)(C)C. The standard InChI is InChI=1S/C28H56NO7P/c1-6-8-9-10-11-12-13-14-15-16-17-18-19-20-23-34-28(26(31)21-7-2)27(25-30)36-37(32,33)35-24-22-29(3,4)5/h7,21,27-28,30H,6,8-20,22-25H2,1-5H3/t27-,28?/m0/s1. The summed E-state index contributed by atoms with van der Waals surface area (Å²) < 4.78 is 28.5. The van der Waals surface area contributed by atoms with Crippen LogP contribution in [0.15, 0.2) is 12.2 Å². The van der Waals surface area contributed by atoms with Crippen molar-refractivity contribution in [3.63, 3.8) is 0 Å². The van der Waals surface area contributed by atoms with Crippen LogP contribution in [-0.2, 0) is 23.1 Å². The zero-order valence-electron chi connectivity index (χ0n) is 24.3. The highest BCUT2D eigenvalue weighted by molar-refractivity contribution is 7.45. The number of ketones is 1. The second kappa shape index (κ2) is 22.2. The minimum absolute atomic E-state index is 0.0597. The van der Waals surface area contributed by atoms with Crippen molar-refractivity contribution in [2.75, 3.05) is 47.5 Å². The van der Waals surface area contributed by atoms with Crippen LogP contribution in [0.5, 0.6) is 0 Å². The molecule has 0 amide bonds. The number of phosphoric ester groups is 1. The van der Waals surface area contributed by atoms with E-state index >= 15 is 0 Å². The molecule has 0 aromatic carbocycles. The first kappa shape index (κ1) is 36.4. The molecule has 0 aliphatic heterocycles. The minimum Gasteiger partial charge on any atom is -0.756 e. The minimum atomic E-state index is -4.71. The molecule has 0 aromatic heterocycles. The molecule has 0 rings (SSSR count). The second-order valence-corrected chi connectivity index (χ2v) is 12.3. The summed E-state index contributed by atoms with van der Waals surface area (Å²) in [6.45, 7) is 3.93. The third kappa shape index (κ3) is 22.0. The van der Waals surface area contributed by atoms with Crippen LogP contribution in [0, 0.1) is 0 Å². The molecule has 0 fully saturated rings. The van der Waals surface area contributed by atoms with E-state index in [0.717, 1.165) is 19.3 Å². The quantitative estimate of drug-likeness (QED) is 0.0651. The molecule has 3 atom stereocenters. The van der Waals surface area contributed by atoms with E-state index in [9.17, 15) is 19.4 Å². The van der Waals surface area contributed by atoms with Gasteiger partial charge in [-0.3, -0.25) is 9.36 Å². The fourth-order valence-electron chi connectivity index (χ4n) is 3.95. The smallest absolute Gasteiger partial charge is 0.268 e. The van der Waals surface area contributed by atoms with Gasteiger partial charge in [-0.05, 0) is 19.4 Å². The van der Waals surface area contributed by atoms with E-state index in [1.165, 1.54) is 76.7 Å². The maximum Gasteiger partial charge on any atom is 0.268 e. The first-order valence-corrected chi connectivity index (χ1v) is 15.9. The summed E-state index contributed by atoms with van der Waals surface area (Å²) in [6, 6.07) is 0. The molecule has 0 aliphatic rings. The average molecular weight is 550 g/mol. The molecule has 0 aliphatic carbocycles. The van der Waals surface area contributed by atoms with Crippen molar-refractivity contribution in [2.45, 2.75) is 116 Å². The zero-order chi connectivity index (χ0) is 28.0. The van der Waals surface area contributed by atoms with E-state index in [1.54, 1.807) is 13.0 Å². The van der Waals surface area contributed by atoms with Gasteiger partial charge in [-0.2, -0.15) is 0 Å². The fraction of sp³-hybridized carbons (Fsp3) is 0.893. The van der Waals surface area contributed by atoms with E-state index in [4.69, 9.17) is 13.8 Å². The predicted octanol–water partition coefficient (Wildman–Crippen LogP) is 5.57. The van der Waals surface area contributed by atoms with E-state index < -0.39 is 32.4 Å². The van der Waals surface area contributed by atoms with Crippen molar-refractivity contribution in [1.82, 2.24) is 0 Å². The third-order valence-corrected chi connectivity index (χ3v) is 7.23. The van der Waals surface area contributed by atoms with Crippen molar-refractivity contribution in [1.29, 1.82) is 0 Å². The van der Waals surface area contributed by atoms with Crippen LogP contribution >= 0.6 is 7.82 Å². The number of likely N-dealkylation sites (N-methyl/N-ethyl adjacent to an activating group) is 1. The number of rotatable bonds is 26. The van der Waals surface area contributed by atoms with Crippen LogP contribution in [0.2, 0.25) is 0 Å². The van der Waals surface area contributed by atoms with Crippen LogP contribution in [-0.4, -0.2) is 75.1 Å². The molecule has 9 heteroatoms. The second-order valence-electron chi connectivity index (χ2n) is 10.9. The molecule has 8 nitrogen and oxygen atoms in total. The van der Waals surface area contributed by atoms with Gasteiger partial charge < -0.3 is 28.3 Å². The normalized spacial score (nSPS) is 15.6. The highest BCUT2D eigenvalue weighted by Crippen LogP contribution is 2.40. The Kier molecular flexibility index (Phi) is 21.9. The lowest BCUT2D eigenvalue weighted by Gasteiger charge is -2.32. The number of aliphatic hydroxyl groups excluding tert-OH is 1. The number of hydrogen-bond acceptors (Lipinski definition) is 7. The van der Waals surface area contributed by atoms with Gasteiger partial charge in [0.1, 0.15) is 25.4 Å². The largest absolute Gasteiger partial charge is 0.756 e. The van der Waals surface area contributed by atoms with Gasteiger partial charge in [-0.1, -0.05) is 96.5 Å². The predicted molar refractivity (Wildman–Crippen MR) is 148 cm³/mol. The maximum absolute atomic E-state index is 12.5. The Balaban J connectivity index is 4.28. The summed E-state index contributed by atoms with van der Waals surface area (Å²) in [6.07, 6.45) is 17.6. The van der Waals surface area contributed by atoms with Gasteiger partial charge in [0.15, 0.2) is 5.78 Å². The van der Waals surface area contributed by atoms with E-state index in [0.29, 0.717) is 11.0 Å². The number of nitrogens with zero attached hydrogens (tertiary/aromatic N) is 1. The van der Waals surface area contributed by atoms with Gasteiger partial charge in [-0.15, -0.1) is 0 Å². The number of allylic oxidation sites excluding steroid dienone is 1. The summed E-state index contributed by atoms with van der Waals surface area (Å²) in [5.74, 6) is -0.446. The Morgan fingerprint density at radius 1 is 0.892 bits per heavy atom. The van der Waals surface area contributed by atoms with Gasteiger partial charge >= 0.3 is 0 Å². The lowest BCUT2D eigenvalue weighted by Crippen LogP contribution is -2.41. The number of quaternary nitrogens is 1. The van der Waals surface area contributed by atoms with Crippen LogP contribution in [0.1, 0.15) is 104 Å². The van der Waals surface area contributed by atoms with Crippen LogP contribution in [0.4, 0.5) is 0 Å². The fourth-order valence-corrected chi connectivity index (χ4v) is 4.82. The van der Waals surface area contributed by atoms with Crippen molar-refractivity contribution in [2.24, 2.45) is 0 Å². The number of carbonyl (C=O) groups excluding carboxylic acids is 1. The molecule has 37 heavy (non-hydrogen) atoms. The Labute approximate surface area is 227 Å². The van der Waals surface area contributed by atoms with Gasteiger partial charge in [0.2, 0.25) is 0 Å². The molecular formula is C28H56NO7P. The Hall–Kier alpha value is -0.600. The topological polar surface area (TPSA) is 105 Å². The number of unbranched alkanes of at least 4 members (excludes halogenated alkanes) is 13. The Bertz CT molecular complexity index is 637. The van der Waals surface area contributed by atoms with E-state index in [1.807, 2.05) is 21.1 Å².